The van der Waals surface area contributed by atoms with E-state index in [0.29, 0.717) is 12.0 Å². The van der Waals surface area contributed by atoms with E-state index in [2.05, 4.69) is 18.3 Å². The van der Waals surface area contributed by atoms with Gasteiger partial charge in [0.1, 0.15) is 0 Å². The highest BCUT2D eigenvalue weighted by Crippen LogP contribution is 2.15. The molecule has 2 nitrogen and oxygen atoms in total. The fourth-order valence-electron chi connectivity index (χ4n) is 1.32. The van der Waals surface area contributed by atoms with Gasteiger partial charge in [0, 0.05) is 12.5 Å². The van der Waals surface area contributed by atoms with Crippen molar-refractivity contribution in [2.24, 2.45) is 5.92 Å². The summed E-state index contributed by atoms with van der Waals surface area (Å²) in [6, 6.07) is 2.82. The summed E-state index contributed by atoms with van der Waals surface area (Å²) in [6.45, 7) is 3.20. The zero-order chi connectivity index (χ0) is 6.69. The highest BCUT2D eigenvalue weighted by Gasteiger charge is 2.19. The van der Waals surface area contributed by atoms with Gasteiger partial charge in [-0.1, -0.05) is 0 Å². The zero-order valence-corrected chi connectivity index (χ0v) is 5.72. The first-order chi connectivity index (χ1) is 4.33. The molecular formula is C7H12N2. The largest absolute Gasteiger partial charge is 0.314 e. The molecule has 0 aromatic rings. The number of nitrogens with one attached hydrogen (secondary N) is 1. The van der Waals surface area contributed by atoms with Crippen LogP contribution in [0, 0.1) is 17.2 Å². The first-order valence-corrected chi connectivity index (χ1v) is 3.43. The van der Waals surface area contributed by atoms with Crippen molar-refractivity contribution in [3.8, 4) is 6.07 Å². The minimum Gasteiger partial charge on any atom is -0.314 e. The Morgan fingerprint density at radius 3 is 3.00 bits per heavy atom. The fraction of sp³-hybridized carbons (Fsp3) is 0.857. The summed E-state index contributed by atoms with van der Waals surface area (Å²) in [7, 11) is 0. The van der Waals surface area contributed by atoms with Gasteiger partial charge in [-0.05, 0) is 25.8 Å². The summed E-state index contributed by atoms with van der Waals surface area (Å²) in [6.07, 6.45) is 1.89. The van der Waals surface area contributed by atoms with Gasteiger partial charge in [-0.25, -0.2) is 0 Å². The molecule has 1 fully saturated rings. The topological polar surface area (TPSA) is 35.8 Å². The Bertz CT molecular complexity index is 125. The molecule has 1 N–H and O–H groups in total. The molecule has 1 unspecified atom stereocenters. The van der Waals surface area contributed by atoms with E-state index in [-0.39, 0.29) is 0 Å². The summed E-state index contributed by atoms with van der Waals surface area (Å²) in [4.78, 5) is 0. The molecule has 50 valence electrons. The van der Waals surface area contributed by atoms with Crippen LogP contribution in [0.2, 0.25) is 0 Å². The van der Waals surface area contributed by atoms with Crippen molar-refractivity contribution in [1.82, 2.24) is 5.32 Å². The molecule has 1 saturated heterocycles. The van der Waals surface area contributed by atoms with Crippen molar-refractivity contribution in [1.29, 1.82) is 5.26 Å². The Labute approximate surface area is 55.9 Å². The lowest BCUT2D eigenvalue weighted by molar-refractivity contribution is 0.581. The third kappa shape index (κ3) is 1.69. The molecule has 0 aliphatic carbocycles. The van der Waals surface area contributed by atoms with E-state index >= 15 is 0 Å². The van der Waals surface area contributed by atoms with E-state index < -0.39 is 0 Å². The van der Waals surface area contributed by atoms with Crippen LogP contribution in [0.5, 0.6) is 0 Å². The van der Waals surface area contributed by atoms with Crippen LogP contribution in [0.25, 0.3) is 0 Å². The zero-order valence-electron chi connectivity index (χ0n) is 5.72. The first-order valence-electron chi connectivity index (χ1n) is 3.43. The number of nitrogens with zero attached hydrogens (tertiary/aromatic N) is 1. The van der Waals surface area contributed by atoms with Gasteiger partial charge in [0.05, 0.1) is 6.07 Å². The number of nitriles is 1. The van der Waals surface area contributed by atoms with Crippen molar-refractivity contribution in [3.05, 3.63) is 0 Å². The van der Waals surface area contributed by atoms with Crippen LogP contribution < -0.4 is 5.32 Å². The van der Waals surface area contributed by atoms with Gasteiger partial charge in [0.25, 0.3) is 0 Å². The Morgan fingerprint density at radius 1 is 1.78 bits per heavy atom. The molecule has 1 aliphatic heterocycles. The fourth-order valence-corrected chi connectivity index (χ4v) is 1.32. The average molecular weight is 124 g/mol. The van der Waals surface area contributed by atoms with Crippen molar-refractivity contribution in [2.45, 2.75) is 25.8 Å². The molecule has 0 amide bonds. The summed E-state index contributed by atoms with van der Waals surface area (Å²) < 4.78 is 0. The van der Waals surface area contributed by atoms with Crippen molar-refractivity contribution < 1.29 is 0 Å². The van der Waals surface area contributed by atoms with Gasteiger partial charge in [-0.3, -0.25) is 0 Å². The van der Waals surface area contributed by atoms with Crippen LogP contribution in [0.1, 0.15) is 19.8 Å². The molecule has 2 heteroatoms. The van der Waals surface area contributed by atoms with E-state index in [1.54, 1.807) is 0 Å². The second kappa shape index (κ2) is 2.84. The normalized spacial score (nSPS) is 34.2. The number of rotatable bonds is 1. The Kier molecular flexibility index (Phi) is 2.07. The monoisotopic (exact) mass is 124 g/mol. The van der Waals surface area contributed by atoms with E-state index in [9.17, 15) is 0 Å². The molecule has 0 radical (unpaired) electrons. The SMILES string of the molecule is C[C@@H]1CC(CC#N)CN1. The molecule has 0 saturated carbocycles. The summed E-state index contributed by atoms with van der Waals surface area (Å²) >= 11 is 0. The van der Waals surface area contributed by atoms with Gasteiger partial charge >= 0.3 is 0 Å². The van der Waals surface area contributed by atoms with Crippen LogP contribution in [0.3, 0.4) is 0 Å². The maximum atomic E-state index is 8.34. The molecule has 2 atom stereocenters. The molecule has 0 bridgehead atoms. The van der Waals surface area contributed by atoms with Crippen LogP contribution in [0.4, 0.5) is 0 Å². The maximum Gasteiger partial charge on any atom is 0.0625 e. The van der Waals surface area contributed by atoms with Crippen LogP contribution in [0.15, 0.2) is 0 Å². The summed E-state index contributed by atoms with van der Waals surface area (Å²) in [5.74, 6) is 0.616. The molecule has 1 rings (SSSR count). The minimum absolute atomic E-state index is 0.616. The van der Waals surface area contributed by atoms with Gasteiger partial charge in [0.15, 0.2) is 0 Å². The first kappa shape index (κ1) is 6.57. The molecule has 0 aromatic carbocycles. The maximum absolute atomic E-state index is 8.34. The third-order valence-corrected chi connectivity index (χ3v) is 1.82. The predicted molar refractivity (Wildman–Crippen MR) is 35.8 cm³/mol. The van der Waals surface area contributed by atoms with Gasteiger partial charge < -0.3 is 5.32 Å². The molecule has 1 heterocycles. The summed E-state index contributed by atoms with van der Waals surface area (Å²) in [5.41, 5.74) is 0. The number of hydrogen-bond acceptors (Lipinski definition) is 2. The smallest absolute Gasteiger partial charge is 0.0625 e. The molecule has 1 aliphatic rings. The predicted octanol–water partition coefficient (Wildman–Crippen LogP) is 0.898. The standard InChI is InChI=1S/C7H12N2/c1-6-4-7(2-3-8)5-9-6/h6-7,9H,2,4-5H2,1H3/t6-,7?/m1/s1. The average Bonchev–Trinajstić information content (AvgIpc) is 2.17. The van der Waals surface area contributed by atoms with Gasteiger partial charge in [0.2, 0.25) is 0 Å². The highest BCUT2D eigenvalue weighted by atomic mass is 14.9. The second-order valence-electron chi connectivity index (χ2n) is 2.77. The van der Waals surface area contributed by atoms with E-state index in [1.807, 2.05) is 0 Å². The Morgan fingerprint density at radius 2 is 2.56 bits per heavy atom. The lowest BCUT2D eigenvalue weighted by Crippen LogP contribution is -2.16. The lowest BCUT2D eigenvalue weighted by Gasteiger charge is -1.98. The molecular weight excluding hydrogens is 112 g/mol. The second-order valence-corrected chi connectivity index (χ2v) is 2.77. The molecule has 9 heavy (non-hydrogen) atoms. The van der Waals surface area contributed by atoms with E-state index in [1.165, 1.54) is 6.42 Å². The molecule has 0 spiro atoms. The van der Waals surface area contributed by atoms with Crippen molar-refractivity contribution >= 4 is 0 Å². The third-order valence-electron chi connectivity index (χ3n) is 1.82. The minimum atomic E-state index is 0.616. The Balaban J connectivity index is 2.24. The highest BCUT2D eigenvalue weighted by molar-refractivity contribution is 4.84. The van der Waals surface area contributed by atoms with Crippen LogP contribution in [-0.2, 0) is 0 Å². The number of hydrogen-bond donors (Lipinski definition) is 1. The molecule has 0 aromatic heterocycles. The van der Waals surface area contributed by atoms with Gasteiger partial charge in [-0.15, -0.1) is 0 Å². The van der Waals surface area contributed by atoms with Crippen molar-refractivity contribution in [2.75, 3.05) is 6.54 Å². The summed E-state index contributed by atoms with van der Waals surface area (Å²) in [5, 5.41) is 11.6. The van der Waals surface area contributed by atoms with Crippen LogP contribution in [-0.4, -0.2) is 12.6 Å². The van der Waals surface area contributed by atoms with Crippen molar-refractivity contribution in [3.63, 3.8) is 0 Å². The van der Waals surface area contributed by atoms with E-state index in [0.717, 1.165) is 13.0 Å². The van der Waals surface area contributed by atoms with Gasteiger partial charge in [-0.2, -0.15) is 5.26 Å². The van der Waals surface area contributed by atoms with Crippen LogP contribution >= 0.6 is 0 Å². The lowest BCUT2D eigenvalue weighted by atomic mass is 10.0. The van der Waals surface area contributed by atoms with E-state index in [4.69, 9.17) is 5.26 Å². The quantitative estimate of drug-likeness (QED) is 0.563. The Hall–Kier alpha value is -0.550.